The first-order valence-corrected chi connectivity index (χ1v) is 11.2. The number of carbonyl (C=O) groups excluding carboxylic acids is 1. The van der Waals surface area contributed by atoms with Crippen LogP contribution in [0.5, 0.6) is 5.75 Å². The molecule has 9 heteroatoms. The highest BCUT2D eigenvalue weighted by atomic mass is 32.2. The Hall–Kier alpha value is -2.49. The molecule has 2 aromatic carbocycles. The fourth-order valence-electron chi connectivity index (χ4n) is 2.98. The minimum Gasteiger partial charge on any atom is -0.491 e. The van der Waals surface area contributed by atoms with E-state index in [0.717, 1.165) is 5.56 Å². The number of para-hydroxylation sites is 1. The summed E-state index contributed by atoms with van der Waals surface area (Å²) in [5.74, 6) is -0.414. The van der Waals surface area contributed by atoms with Gasteiger partial charge in [0.05, 0.1) is 24.7 Å². The van der Waals surface area contributed by atoms with Crippen molar-refractivity contribution in [1.29, 1.82) is 0 Å². The summed E-state index contributed by atoms with van der Waals surface area (Å²) in [7, 11) is -3.53. The second-order valence-corrected chi connectivity index (χ2v) is 8.76. The molecule has 2 aromatic rings. The number of hydrogen-bond acceptors (Lipinski definition) is 5. The first-order chi connectivity index (χ1) is 14.5. The van der Waals surface area contributed by atoms with Crippen molar-refractivity contribution in [2.45, 2.75) is 24.3 Å². The van der Waals surface area contributed by atoms with Crippen molar-refractivity contribution < 1.29 is 27.1 Å². The van der Waals surface area contributed by atoms with Crippen molar-refractivity contribution in [3.63, 3.8) is 0 Å². The lowest BCUT2D eigenvalue weighted by atomic mass is 10.2. The lowest BCUT2D eigenvalue weighted by molar-refractivity contribution is -0.121. The third-order valence-corrected chi connectivity index (χ3v) is 6.58. The number of morpholine rings is 1. The van der Waals surface area contributed by atoms with Gasteiger partial charge in [0, 0.05) is 26.1 Å². The maximum atomic E-state index is 13.4. The van der Waals surface area contributed by atoms with E-state index in [1.54, 1.807) is 42.5 Å². The van der Waals surface area contributed by atoms with Crippen LogP contribution in [0.4, 0.5) is 4.39 Å². The summed E-state index contributed by atoms with van der Waals surface area (Å²) in [6.07, 6.45) is 0.703. The van der Waals surface area contributed by atoms with Gasteiger partial charge in [-0.1, -0.05) is 24.3 Å². The molecule has 1 aliphatic heterocycles. The molecule has 0 saturated carbocycles. The number of ether oxygens (including phenoxy) is 2. The van der Waals surface area contributed by atoms with E-state index in [4.69, 9.17) is 9.47 Å². The van der Waals surface area contributed by atoms with Gasteiger partial charge in [0.25, 0.3) is 0 Å². The van der Waals surface area contributed by atoms with Gasteiger partial charge in [-0.2, -0.15) is 4.31 Å². The van der Waals surface area contributed by atoms with Crippen LogP contribution in [0.25, 0.3) is 0 Å². The van der Waals surface area contributed by atoms with E-state index in [9.17, 15) is 17.6 Å². The Morgan fingerprint density at radius 2 is 1.80 bits per heavy atom. The van der Waals surface area contributed by atoms with E-state index in [-0.39, 0.29) is 29.6 Å². The molecule has 7 nitrogen and oxygen atoms in total. The van der Waals surface area contributed by atoms with Gasteiger partial charge >= 0.3 is 0 Å². The number of rotatable bonds is 9. The van der Waals surface area contributed by atoms with Crippen molar-refractivity contribution in [2.24, 2.45) is 0 Å². The first-order valence-electron chi connectivity index (χ1n) is 9.78. The van der Waals surface area contributed by atoms with Gasteiger partial charge in [-0.3, -0.25) is 4.79 Å². The van der Waals surface area contributed by atoms with Crippen LogP contribution in [0.2, 0.25) is 0 Å². The number of benzene rings is 2. The quantitative estimate of drug-likeness (QED) is 0.610. The van der Waals surface area contributed by atoms with Crippen LogP contribution < -0.4 is 10.1 Å². The molecular weight excluding hydrogens is 411 g/mol. The minimum atomic E-state index is -3.53. The SMILES string of the molecule is O=C(CCCOc1ccccc1F)NCc1ccc(S(=O)(=O)N2CCOCC2)cc1. The molecule has 162 valence electrons. The summed E-state index contributed by atoms with van der Waals surface area (Å²) in [5.41, 5.74) is 0.798. The third-order valence-electron chi connectivity index (χ3n) is 4.66. The average molecular weight is 437 g/mol. The molecule has 0 radical (unpaired) electrons. The summed E-state index contributed by atoms with van der Waals surface area (Å²) in [6.45, 7) is 2.03. The van der Waals surface area contributed by atoms with Crippen LogP contribution >= 0.6 is 0 Å². The van der Waals surface area contributed by atoms with E-state index in [2.05, 4.69) is 5.32 Å². The van der Waals surface area contributed by atoms with Crippen molar-refractivity contribution in [2.75, 3.05) is 32.9 Å². The zero-order chi connectivity index (χ0) is 21.4. The van der Waals surface area contributed by atoms with Crippen LogP contribution in [0.1, 0.15) is 18.4 Å². The predicted molar refractivity (Wildman–Crippen MR) is 109 cm³/mol. The van der Waals surface area contributed by atoms with E-state index in [0.29, 0.717) is 39.3 Å². The topological polar surface area (TPSA) is 84.9 Å². The molecule has 30 heavy (non-hydrogen) atoms. The number of sulfonamides is 1. The Bertz CT molecular complexity index is 944. The molecule has 1 heterocycles. The van der Waals surface area contributed by atoms with Crippen LogP contribution in [-0.4, -0.2) is 51.5 Å². The summed E-state index contributed by atoms with van der Waals surface area (Å²) in [5, 5.41) is 2.79. The van der Waals surface area contributed by atoms with Crippen LogP contribution in [0, 0.1) is 5.82 Å². The molecule has 0 spiro atoms. The van der Waals surface area contributed by atoms with Crippen molar-refractivity contribution in [3.05, 3.63) is 59.9 Å². The summed E-state index contributed by atoms with van der Waals surface area (Å²) >= 11 is 0. The minimum absolute atomic E-state index is 0.155. The highest BCUT2D eigenvalue weighted by Gasteiger charge is 2.26. The second kappa shape index (κ2) is 10.5. The second-order valence-electron chi connectivity index (χ2n) is 6.82. The molecule has 0 unspecified atom stereocenters. The molecule has 1 N–H and O–H groups in total. The molecule has 0 aliphatic carbocycles. The average Bonchev–Trinajstić information content (AvgIpc) is 2.77. The molecule has 3 rings (SSSR count). The van der Waals surface area contributed by atoms with Crippen molar-refractivity contribution in [1.82, 2.24) is 9.62 Å². The Kier molecular flexibility index (Phi) is 7.78. The maximum Gasteiger partial charge on any atom is 0.243 e. The van der Waals surface area contributed by atoms with E-state index in [1.165, 1.54) is 10.4 Å². The summed E-state index contributed by atoms with van der Waals surface area (Å²) in [6, 6.07) is 12.6. The van der Waals surface area contributed by atoms with E-state index >= 15 is 0 Å². The number of carbonyl (C=O) groups is 1. The highest BCUT2D eigenvalue weighted by Crippen LogP contribution is 2.18. The standard InChI is InChI=1S/C21H25FN2O5S/c22-19-4-1-2-5-20(19)29-13-3-6-21(25)23-16-17-7-9-18(10-8-17)30(26,27)24-11-14-28-15-12-24/h1-2,4-5,7-10H,3,6,11-16H2,(H,23,25). The van der Waals surface area contributed by atoms with E-state index in [1.807, 2.05) is 0 Å². The smallest absolute Gasteiger partial charge is 0.243 e. The number of amides is 1. The molecule has 0 atom stereocenters. The molecule has 1 amide bonds. The van der Waals surface area contributed by atoms with Crippen molar-refractivity contribution in [3.8, 4) is 5.75 Å². The molecular formula is C21H25FN2O5S. The monoisotopic (exact) mass is 436 g/mol. The van der Waals surface area contributed by atoms with Gasteiger partial charge in [-0.05, 0) is 36.2 Å². The summed E-state index contributed by atoms with van der Waals surface area (Å²) < 4.78 is 50.6. The zero-order valence-electron chi connectivity index (χ0n) is 16.6. The Balaban J connectivity index is 1.41. The molecule has 1 aliphatic rings. The van der Waals surface area contributed by atoms with Gasteiger partial charge in [-0.15, -0.1) is 0 Å². The summed E-state index contributed by atoms with van der Waals surface area (Å²) in [4.78, 5) is 12.2. The highest BCUT2D eigenvalue weighted by molar-refractivity contribution is 7.89. The van der Waals surface area contributed by atoms with Gasteiger partial charge in [0.1, 0.15) is 0 Å². The third kappa shape index (κ3) is 6.01. The van der Waals surface area contributed by atoms with Crippen LogP contribution in [0.15, 0.2) is 53.4 Å². The van der Waals surface area contributed by atoms with Gasteiger partial charge in [0.15, 0.2) is 11.6 Å². The van der Waals surface area contributed by atoms with Crippen LogP contribution in [-0.2, 0) is 26.1 Å². The fourth-order valence-corrected chi connectivity index (χ4v) is 4.39. The Labute approximate surface area is 175 Å². The van der Waals surface area contributed by atoms with Gasteiger partial charge in [-0.25, -0.2) is 12.8 Å². The zero-order valence-corrected chi connectivity index (χ0v) is 17.4. The fraction of sp³-hybridized carbons (Fsp3) is 0.381. The maximum absolute atomic E-state index is 13.4. The number of nitrogens with zero attached hydrogens (tertiary/aromatic N) is 1. The Morgan fingerprint density at radius 1 is 1.10 bits per heavy atom. The molecule has 0 aromatic heterocycles. The molecule has 1 saturated heterocycles. The molecule has 0 bridgehead atoms. The number of hydrogen-bond donors (Lipinski definition) is 1. The largest absolute Gasteiger partial charge is 0.491 e. The number of nitrogens with one attached hydrogen (secondary N) is 1. The lowest BCUT2D eigenvalue weighted by Gasteiger charge is -2.26. The van der Waals surface area contributed by atoms with Gasteiger partial charge in [0.2, 0.25) is 15.9 Å². The first kappa shape index (κ1) is 22.2. The predicted octanol–water partition coefficient (Wildman–Crippen LogP) is 2.32. The van der Waals surface area contributed by atoms with Gasteiger partial charge < -0.3 is 14.8 Å². The lowest BCUT2D eigenvalue weighted by Crippen LogP contribution is -2.40. The Morgan fingerprint density at radius 3 is 2.50 bits per heavy atom. The van der Waals surface area contributed by atoms with E-state index < -0.39 is 15.8 Å². The normalized spacial score (nSPS) is 15.0. The van der Waals surface area contributed by atoms with Crippen LogP contribution in [0.3, 0.4) is 0 Å². The van der Waals surface area contributed by atoms with Crippen molar-refractivity contribution >= 4 is 15.9 Å². The molecule has 1 fully saturated rings. The number of halogens is 1.